The smallest absolute Gasteiger partial charge is 0.254 e. The van der Waals surface area contributed by atoms with Crippen molar-refractivity contribution in [3.05, 3.63) is 54.6 Å². The van der Waals surface area contributed by atoms with Crippen LogP contribution in [0.2, 0.25) is 0 Å². The lowest BCUT2D eigenvalue weighted by atomic mass is 10.0. The summed E-state index contributed by atoms with van der Waals surface area (Å²) in [6, 6.07) is 7.80. The van der Waals surface area contributed by atoms with Gasteiger partial charge in [0.05, 0.1) is 11.0 Å². The predicted molar refractivity (Wildman–Crippen MR) is 105 cm³/mol. The molecule has 8 nitrogen and oxygen atoms in total. The van der Waals surface area contributed by atoms with Gasteiger partial charge in [0.1, 0.15) is 0 Å². The van der Waals surface area contributed by atoms with Crippen molar-refractivity contribution in [2.45, 2.75) is 6.04 Å². The number of aromatic nitrogens is 4. The van der Waals surface area contributed by atoms with Gasteiger partial charge in [-0.15, -0.1) is 0 Å². The van der Waals surface area contributed by atoms with E-state index >= 15 is 0 Å². The first-order valence-electron chi connectivity index (χ1n) is 9.54. The van der Waals surface area contributed by atoms with E-state index < -0.39 is 0 Å². The van der Waals surface area contributed by atoms with Crippen LogP contribution < -0.4 is 4.90 Å². The zero-order valence-corrected chi connectivity index (χ0v) is 15.5. The maximum atomic E-state index is 12.8. The molecule has 2 fully saturated rings. The number of amides is 1. The van der Waals surface area contributed by atoms with Gasteiger partial charge in [0.15, 0.2) is 0 Å². The fourth-order valence-corrected chi connectivity index (χ4v) is 3.87. The molecule has 0 radical (unpaired) electrons. The molecule has 2 aromatic heterocycles. The van der Waals surface area contributed by atoms with E-state index in [-0.39, 0.29) is 5.91 Å². The molecule has 1 amide bonds. The monoisotopic (exact) mass is 375 g/mol. The van der Waals surface area contributed by atoms with Crippen LogP contribution in [0.5, 0.6) is 0 Å². The molecule has 0 spiro atoms. The third-order valence-electron chi connectivity index (χ3n) is 5.53. The summed E-state index contributed by atoms with van der Waals surface area (Å²) >= 11 is 0. The number of hydrogen-bond donors (Lipinski definition) is 0. The predicted octanol–water partition coefficient (Wildman–Crippen LogP) is 1.07. The first-order valence-corrected chi connectivity index (χ1v) is 9.54. The summed E-state index contributed by atoms with van der Waals surface area (Å²) in [4.78, 5) is 36.6. The third kappa shape index (κ3) is 3.16. The molecule has 2 aliphatic rings. The lowest BCUT2D eigenvalue weighted by molar-refractivity contribution is 0.0246. The van der Waals surface area contributed by atoms with Gasteiger partial charge >= 0.3 is 0 Å². The molecule has 142 valence electrons. The van der Waals surface area contributed by atoms with Crippen molar-refractivity contribution in [1.29, 1.82) is 0 Å². The maximum absolute atomic E-state index is 12.8. The number of fused-ring (bicyclic) bond motifs is 1. The second kappa shape index (κ2) is 7.12. The van der Waals surface area contributed by atoms with Crippen LogP contribution in [-0.2, 0) is 0 Å². The summed E-state index contributed by atoms with van der Waals surface area (Å²) in [7, 11) is 0. The average molecular weight is 375 g/mol. The summed E-state index contributed by atoms with van der Waals surface area (Å²) in [5.41, 5.74) is 2.24. The minimum atomic E-state index is 0.0696. The first-order chi connectivity index (χ1) is 13.8. The number of carbonyl (C=O) groups excluding carboxylic acids is 1. The molecule has 0 unspecified atom stereocenters. The van der Waals surface area contributed by atoms with Crippen LogP contribution >= 0.6 is 0 Å². The van der Waals surface area contributed by atoms with Crippen LogP contribution in [0.4, 0.5) is 5.95 Å². The molecule has 1 aromatic carbocycles. The van der Waals surface area contributed by atoms with Crippen LogP contribution in [0.3, 0.4) is 0 Å². The Balaban J connectivity index is 1.17. The van der Waals surface area contributed by atoms with Crippen molar-refractivity contribution in [1.82, 2.24) is 29.7 Å². The SMILES string of the molecule is O=C(c1ccc2nccnc2c1)N1CC(N2CCN(c3ncccn3)CC2)C1. The van der Waals surface area contributed by atoms with E-state index in [0.29, 0.717) is 11.6 Å². The topological polar surface area (TPSA) is 78.4 Å². The molecule has 0 aliphatic carbocycles. The Hall–Kier alpha value is -3.13. The number of rotatable bonds is 3. The lowest BCUT2D eigenvalue weighted by Gasteiger charge is -2.48. The number of likely N-dealkylation sites (tertiary alicyclic amines) is 1. The summed E-state index contributed by atoms with van der Waals surface area (Å²) in [6.07, 6.45) is 6.87. The van der Waals surface area contributed by atoms with Crippen LogP contribution in [0.1, 0.15) is 10.4 Å². The fraction of sp³-hybridized carbons (Fsp3) is 0.350. The van der Waals surface area contributed by atoms with Crippen molar-refractivity contribution in [2.24, 2.45) is 0 Å². The Bertz CT molecular complexity index is 982. The normalized spacial score (nSPS) is 18.3. The number of benzene rings is 1. The highest BCUT2D eigenvalue weighted by atomic mass is 16.2. The Labute approximate surface area is 162 Å². The highest BCUT2D eigenvalue weighted by molar-refractivity contribution is 5.97. The summed E-state index contributed by atoms with van der Waals surface area (Å²) in [6.45, 7) is 5.32. The van der Waals surface area contributed by atoms with Gasteiger partial charge in [0.25, 0.3) is 5.91 Å². The van der Waals surface area contributed by atoms with E-state index in [1.807, 2.05) is 29.2 Å². The van der Waals surface area contributed by atoms with Gasteiger partial charge in [-0.05, 0) is 24.3 Å². The molecular formula is C20H21N7O. The Morgan fingerprint density at radius 2 is 1.57 bits per heavy atom. The molecule has 2 saturated heterocycles. The van der Waals surface area contributed by atoms with E-state index in [0.717, 1.165) is 56.3 Å². The highest BCUT2D eigenvalue weighted by Crippen LogP contribution is 2.21. The molecular weight excluding hydrogens is 354 g/mol. The van der Waals surface area contributed by atoms with E-state index in [1.54, 1.807) is 24.8 Å². The Kier molecular flexibility index (Phi) is 4.32. The molecule has 5 rings (SSSR count). The molecule has 28 heavy (non-hydrogen) atoms. The van der Waals surface area contributed by atoms with E-state index in [9.17, 15) is 4.79 Å². The van der Waals surface area contributed by atoms with Crippen LogP contribution in [-0.4, -0.2) is 81.0 Å². The summed E-state index contributed by atoms with van der Waals surface area (Å²) in [5, 5.41) is 0. The van der Waals surface area contributed by atoms with Gasteiger partial charge in [-0.3, -0.25) is 19.7 Å². The van der Waals surface area contributed by atoms with Gasteiger partial charge in [-0.1, -0.05) is 0 Å². The van der Waals surface area contributed by atoms with Gasteiger partial charge < -0.3 is 9.80 Å². The van der Waals surface area contributed by atoms with E-state index in [2.05, 4.69) is 29.7 Å². The minimum Gasteiger partial charge on any atom is -0.338 e. The molecule has 3 aromatic rings. The first kappa shape index (κ1) is 17.0. The van der Waals surface area contributed by atoms with Crippen LogP contribution in [0, 0.1) is 0 Å². The third-order valence-corrected chi connectivity index (χ3v) is 5.53. The molecule has 0 N–H and O–H groups in total. The molecule has 2 aliphatic heterocycles. The van der Waals surface area contributed by atoms with Gasteiger partial charge in [0.2, 0.25) is 5.95 Å². The van der Waals surface area contributed by atoms with Gasteiger partial charge in [-0.25, -0.2) is 9.97 Å². The van der Waals surface area contributed by atoms with Crippen molar-refractivity contribution in [3.63, 3.8) is 0 Å². The van der Waals surface area contributed by atoms with Crippen LogP contribution in [0.15, 0.2) is 49.1 Å². The van der Waals surface area contributed by atoms with Crippen LogP contribution in [0.25, 0.3) is 11.0 Å². The molecule has 4 heterocycles. The average Bonchev–Trinajstić information content (AvgIpc) is 2.73. The van der Waals surface area contributed by atoms with E-state index in [4.69, 9.17) is 0 Å². The molecule has 8 heteroatoms. The number of carbonyl (C=O) groups is 1. The number of hydrogen-bond acceptors (Lipinski definition) is 7. The maximum Gasteiger partial charge on any atom is 0.254 e. The quantitative estimate of drug-likeness (QED) is 0.677. The standard InChI is InChI=1S/C20H21N7O/c28-19(15-2-3-17-18(12-15)22-7-6-21-17)27-13-16(14-27)25-8-10-26(11-9-25)20-23-4-1-5-24-20/h1-7,12,16H,8-11,13-14H2. The Morgan fingerprint density at radius 3 is 2.32 bits per heavy atom. The largest absolute Gasteiger partial charge is 0.338 e. The summed E-state index contributed by atoms with van der Waals surface area (Å²) < 4.78 is 0. The van der Waals surface area contributed by atoms with Gasteiger partial charge in [0, 0.05) is 75.7 Å². The second-order valence-corrected chi connectivity index (χ2v) is 7.20. The number of piperazine rings is 1. The van der Waals surface area contributed by atoms with E-state index in [1.165, 1.54) is 0 Å². The molecule has 0 bridgehead atoms. The minimum absolute atomic E-state index is 0.0696. The zero-order chi connectivity index (χ0) is 18.9. The van der Waals surface area contributed by atoms with Gasteiger partial charge in [-0.2, -0.15) is 0 Å². The second-order valence-electron chi connectivity index (χ2n) is 7.20. The lowest BCUT2D eigenvalue weighted by Crippen LogP contribution is -2.64. The van der Waals surface area contributed by atoms with Crippen molar-refractivity contribution in [2.75, 3.05) is 44.2 Å². The Morgan fingerprint density at radius 1 is 0.857 bits per heavy atom. The van der Waals surface area contributed by atoms with Crippen molar-refractivity contribution in [3.8, 4) is 0 Å². The van der Waals surface area contributed by atoms with Crippen molar-refractivity contribution >= 4 is 22.9 Å². The number of nitrogens with zero attached hydrogens (tertiary/aromatic N) is 7. The highest BCUT2D eigenvalue weighted by Gasteiger charge is 2.36. The zero-order valence-electron chi connectivity index (χ0n) is 15.5. The van der Waals surface area contributed by atoms with Crippen molar-refractivity contribution < 1.29 is 4.79 Å². The molecule has 0 atom stereocenters. The molecule has 0 saturated carbocycles. The number of anilines is 1. The summed E-state index contributed by atoms with van der Waals surface area (Å²) in [5.74, 6) is 0.868. The fourth-order valence-electron chi connectivity index (χ4n) is 3.87.